The van der Waals surface area contributed by atoms with Gasteiger partial charge < -0.3 is 19.3 Å². The predicted octanol–water partition coefficient (Wildman–Crippen LogP) is 4.29. The van der Waals surface area contributed by atoms with Crippen LogP contribution in [-0.2, 0) is 16.1 Å². The molecule has 3 aromatic rings. The summed E-state index contributed by atoms with van der Waals surface area (Å²) in [5.74, 6) is -0.0923. The molecule has 1 aromatic heterocycles. The van der Waals surface area contributed by atoms with Crippen LogP contribution in [0, 0.1) is 5.92 Å². The van der Waals surface area contributed by atoms with E-state index in [4.69, 9.17) is 25.6 Å². The van der Waals surface area contributed by atoms with Crippen molar-refractivity contribution in [2.45, 2.75) is 33.4 Å². The molecule has 0 spiro atoms. The minimum Gasteiger partial charge on any atom is -0.494 e. The Morgan fingerprint density at radius 1 is 1.12 bits per heavy atom. The maximum absolute atomic E-state index is 12.6. The molecule has 9 heteroatoms. The van der Waals surface area contributed by atoms with Crippen molar-refractivity contribution >= 4 is 23.5 Å². The number of esters is 1. The molecule has 32 heavy (non-hydrogen) atoms. The molecule has 3 rings (SSSR count). The molecule has 0 fully saturated rings. The lowest BCUT2D eigenvalue weighted by atomic mass is 10.0. The van der Waals surface area contributed by atoms with Crippen LogP contribution in [0.3, 0.4) is 0 Å². The first kappa shape index (κ1) is 23.3. The summed E-state index contributed by atoms with van der Waals surface area (Å²) in [6.45, 7) is 5.84. The highest BCUT2D eigenvalue weighted by atomic mass is 35.5. The van der Waals surface area contributed by atoms with Crippen LogP contribution >= 0.6 is 11.6 Å². The molecule has 168 valence electrons. The fourth-order valence-corrected chi connectivity index (χ4v) is 3.09. The number of hydrogen-bond donors (Lipinski definition) is 1. The number of halogens is 1. The Labute approximate surface area is 190 Å². The second-order valence-electron chi connectivity index (χ2n) is 7.26. The van der Waals surface area contributed by atoms with Crippen LogP contribution in [0.4, 0.5) is 0 Å². The molecule has 8 nitrogen and oxygen atoms in total. The summed E-state index contributed by atoms with van der Waals surface area (Å²) in [6, 6.07) is 12.9. The Morgan fingerprint density at radius 2 is 1.84 bits per heavy atom. The van der Waals surface area contributed by atoms with Crippen LogP contribution in [-0.4, -0.2) is 34.7 Å². The van der Waals surface area contributed by atoms with Crippen LogP contribution in [0.1, 0.15) is 37.0 Å². The summed E-state index contributed by atoms with van der Waals surface area (Å²) in [4.78, 5) is 29.4. The monoisotopic (exact) mass is 457 g/mol. The van der Waals surface area contributed by atoms with Gasteiger partial charge in [-0.1, -0.05) is 42.7 Å². The van der Waals surface area contributed by atoms with Gasteiger partial charge in [0.05, 0.1) is 17.2 Å². The first-order chi connectivity index (χ1) is 15.4. The lowest BCUT2D eigenvalue weighted by Crippen LogP contribution is -2.45. The van der Waals surface area contributed by atoms with Crippen molar-refractivity contribution in [3.8, 4) is 17.2 Å². The van der Waals surface area contributed by atoms with Gasteiger partial charge in [-0.05, 0) is 49.2 Å². The van der Waals surface area contributed by atoms with Crippen molar-refractivity contribution in [2.24, 2.45) is 5.92 Å². The van der Waals surface area contributed by atoms with Gasteiger partial charge in [0.15, 0.2) is 6.61 Å². The third-order valence-electron chi connectivity index (χ3n) is 4.55. The number of rotatable bonds is 9. The van der Waals surface area contributed by atoms with Crippen molar-refractivity contribution in [3.05, 3.63) is 64.9 Å². The molecule has 0 radical (unpaired) electrons. The summed E-state index contributed by atoms with van der Waals surface area (Å²) >= 11 is 6.13. The van der Waals surface area contributed by atoms with Crippen molar-refractivity contribution in [1.82, 2.24) is 15.5 Å². The minimum atomic E-state index is -0.844. The number of hydrogen-bond acceptors (Lipinski definition) is 7. The molecule has 0 aliphatic carbocycles. The van der Waals surface area contributed by atoms with E-state index in [2.05, 4.69) is 15.5 Å². The van der Waals surface area contributed by atoms with Gasteiger partial charge in [0.2, 0.25) is 5.82 Å². The first-order valence-corrected chi connectivity index (χ1v) is 10.5. The Bertz CT molecular complexity index is 1070. The Morgan fingerprint density at radius 3 is 2.50 bits per heavy atom. The lowest BCUT2D eigenvalue weighted by molar-refractivity contribution is -0.148. The number of carbonyl (C=O) groups excluding carboxylic acids is 2. The Hall–Kier alpha value is -3.39. The zero-order chi connectivity index (χ0) is 23.1. The van der Waals surface area contributed by atoms with Crippen LogP contribution in [0.25, 0.3) is 11.5 Å². The van der Waals surface area contributed by atoms with Gasteiger partial charge in [-0.25, -0.2) is 4.79 Å². The second kappa shape index (κ2) is 10.8. The van der Waals surface area contributed by atoms with E-state index >= 15 is 0 Å². The molecule has 0 saturated heterocycles. The smallest absolute Gasteiger partial charge is 0.329 e. The van der Waals surface area contributed by atoms with E-state index in [9.17, 15) is 9.59 Å². The predicted molar refractivity (Wildman–Crippen MR) is 118 cm³/mol. The number of nitrogens with one attached hydrogen (secondary N) is 1. The van der Waals surface area contributed by atoms with E-state index in [1.165, 1.54) is 0 Å². The molecule has 0 bridgehead atoms. The molecule has 1 atom stereocenters. The highest BCUT2D eigenvalue weighted by Crippen LogP contribution is 2.26. The SMILES string of the molecule is CCOc1ccc(C(=O)N[C@H](C(=O)OCc2noc(-c3ccccc3Cl)n2)C(C)C)cc1. The van der Waals surface area contributed by atoms with E-state index in [0.29, 0.717) is 28.5 Å². The quantitative estimate of drug-likeness (QED) is 0.478. The molecule has 0 saturated carbocycles. The van der Waals surface area contributed by atoms with E-state index < -0.39 is 12.0 Å². The molecule has 0 aliphatic rings. The first-order valence-electron chi connectivity index (χ1n) is 10.2. The molecule has 2 aromatic carbocycles. The van der Waals surface area contributed by atoms with Crippen LogP contribution in [0.15, 0.2) is 53.1 Å². The van der Waals surface area contributed by atoms with Crippen molar-refractivity contribution in [3.63, 3.8) is 0 Å². The van der Waals surface area contributed by atoms with E-state index in [-0.39, 0.29) is 30.1 Å². The fourth-order valence-electron chi connectivity index (χ4n) is 2.87. The maximum Gasteiger partial charge on any atom is 0.329 e. The summed E-state index contributed by atoms with van der Waals surface area (Å²) in [5, 5.41) is 7.01. The molecule has 1 N–H and O–H groups in total. The third kappa shape index (κ3) is 5.85. The second-order valence-corrected chi connectivity index (χ2v) is 7.66. The van der Waals surface area contributed by atoms with Crippen LogP contribution in [0.2, 0.25) is 5.02 Å². The number of benzene rings is 2. The van der Waals surface area contributed by atoms with Crippen LogP contribution < -0.4 is 10.1 Å². The summed E-state index contributed by atoms with van der Waals surface area (Å²) in [7, 11) is 0. The molecule has 1 amide bonds. The van der Waals surface area contributed by atoms with E-state index in [1.54, 1.807) is 48.5 Å². The van der Waals surface area contributed by atoms with Crippen molar-refractivity contribution < 1.29 is 23.6 Å². The molecular formula is C23H24ClN3O5. The standard InChI is InChI=1S/C23H24ClN3O5/c1-4-30-16-11-9-15(10-12-16)21(28)26-20(14(2)3)23(29)31-13-19-25-22(32-27-19)17-7-5-6-8-18(17)24/h5-12,14,20H,4,13H2,1-3H3,(H,26,28)/t20-/m0/s1. The zero-order valence-corrected chi connectivity index (χ0v) is 18.8. The molecular weight excluding hydrogens is 434 g/mol. The summed E-state index contributed by atoms with van der Waals surface area (Å²) in [6.07, 6.45) is 0. The van der Waals surface area contributed by atoms with Gasteiger partial charge in [-0.15, -0.1) is 0 Å². The summed E-state index contributed by atoms with van der Waals surface area (Å²) in [5.41, 5.74) is 0.997. The number of carbonyl (C=O) groups is 2. The van der Waals surface area contributed by atoms with E-state index in [0.717, 1.165) is 0 Å². The van der Waals surface area contributed by atoms with Crippen LogP contribution in [0.5, 0.6) is 5.75 Å². The number of aromatic nitrogens is 2. The number of ether oxygens (including phenoxy) is 2. The van der Waals surface area contributed by atoms with Gasteiger partial charge in [0, 0.05) is 5.56 Å². The Kier molecular flexibility index (Phi) is 7.83. The normalized spacial score (nSPS) is 11.8. The topological polar surface area (TPSA) is 104 Å². The third-order valence-corrected chi connectivity index (χ3v) is 4.88. The van der Waals surface area contributed by atoms with E-state index in [1.807, 2.05) is 20.8 Å². The molecule has 0 aliphatic heterocycles. The molecule has 0 unspecified atom stereocenters. The minimum absolute atomic E-state index is 0.189. The largest absolute Gasteiger partial charge is 0.494 e. The Balaban J connectivity index is 1.61. The molecule has 1 heterocycles. The number of nitrogens with zero attached hydrogens (tertiary/aromatic N) is 2. The average molecular weight is 458 g/mol. The van der Waals surface area contributed by atoms with Gasteiger partial charge in [0.1, 0.15) is 11.8 Å². The van der Waals surface area contributed by atoms with Gasteiger partial charge in [-0.3, -0.25) is 4.79 Å². The lowest BCUT2D eigenvalue weighted by Gasteiger charge is -2.20. The fraction of sp³-hybridized carbons (Fsp3) is 0.304. The highest BCUT2D eigenvalue weighted by molar-refractivity contribution is 6.33. The zero-order valence-electron chi connectivity index (χ0n) is 18.0. The van der Waals surface area contributed by atoms with Gasteiger partial charge in [-0.2, -0.15) is 4.98 Å². The van der Waals surface area contributed by atoms with Gasteiger partial charge >= 0.3 is 5.97 Å². The van der Waals surface area contributed by atoms with Crippen molar-refractivity contribution in [2.75, 3.05) is 6.61 Å². The van der Waals surface area contributed by atoms with Crippen molar-refractivity contribution in [1.29, 1.82) is 0 Å². The van der Waals surface area contributed by atoms with Gasteiger partial charge in [0.25, 0.3) is 11.8 Å². The highest BCUT2D eigenvalue weighted by Gasteiger charge is 2.27. The summed E-state index contributed by atoms with van der Waals surface area (Å²) < 4.78 is 15.9. The maximum atomic E-state index is 12.6. The average Bonchev–Trinajstić information content (AvgIpc) is 3.25. The number of amides is 1.